The highest BCUT2D eigenvalue weighted by atomic mass is 32.1. The van der Waals surface area contributed by atoms with Crippen LogP contribution in [0.3, 0.4) is 0 Å². The fraction of sp³-hybridized carbons (Fsp3) is 0.409. The number of rotatable bonds is 6. The second-order valence-corrected chi connectivity index (χ2v) is 8.57. The maximum atomic E-state index is 12.4. The number of benzene rings is 1. The van der Waals surface area contributed by atoms with Crippen molar-refractivity contribution in [3.8, 4) is 0 Å². The number of aryl methyl sites for hydroxylation is 1. The van der Waals surface area contributed by atoms with E-state index in [1.54, 1.807) is 35.6 Å². The average Bonchev–Trinajstić information content (AvgIpc) is 2.92. The number of hydrogen-bond donors (Lipinski definition) is 2. The summed E-state index contributed by atoms with van der Waals surface area (Å²) < 4.78 is 10.2. The van der Waals surface area contributed by atoms with E-state index >= 15 is 0 Å². The molecule has 0 saturated carbocycles. The molecule has 6 nitrogen and oxygen atoms in total. The van der Waals surface area contributed by atoms with Crippen LogP contribution in [0.4, 0.5) is 10.7 Å². The van der Waals surface area contributed by atoms with Gasteiger partial charge in [0.2, 0.25) is 0 Å². The fourth-order valence-corrected chi connectivity index (χ4v) is 4.95. The van der Waals surface area contributed by atoms with Crippen molar-refractivity contribution in [1.29, 1.82) is 0 Å². The van der Waals surface area contributed by atoms with Crippen LogP contribution in [0.15, 0.2) is 24.3 Å². The van der Waals surface area contributed by atoms with E-state index in [0.29, 0.717) is 27.8 Å². The van der Waals surface area contributed by atoms with E-state index in [1.807, 2.05) is 6.92 Å². The van der Waals surface area contributed by atoms with E-state index in [0.717, 1.165) is 43.4 Å². The summed E-state index contributed by atoms with van der Waals surface area (Å²) in [5.41, 5.74) is 2.90. The number of anilines is 2. The molecule has 1 aromatic carbocycles. The number of methoxy groups -OCH3 is 1. The van der Waals surface area contributed by atoms with Crippen molar-refractivity contribution in [3.63, 3.8) is 0 Å². The van der Waals surface area contributed by atoms with Crippen LogP contribution in [0.2, 0.25) is 0 Å². The van der Waals surface area contributed by atoms with Crippen molar-refractivity contribution < 1.29 is 19.1 Å². The Kier molecular flexibility index (Phi) is 7.81. The van der Waals surface area contributed by atoms with Gasteiger partial charge in [0.25, 0.3) is 0 Å². The summed E-state index contributed by atoms with van der Waals surface area (Å²) in [4.78, 5) is 25.6. The number of esters is 2. The lowest BCUT2D eigenvalue weighted by Crippen LogP contribution is -2.20. The first-order valence-electron chi connectivity index (χ1n) is 10.1. The first-order chi connectivity index (χ1) is 14.5. The quantitative estimate of drug-likeness (QED) is 0.360. The minimum Gasteiger partial charge on any atom is -0.465 e. The maximum Gasteiger partial charge on any atom is 0.341 e. The Hall–Kier alpha value is -2.45. The molecule has 2 N–H and O–H groups in total. The predicted molar refractivity (Wildman–Crippen MR) is 124 cm³/mol. The topological polar surface area (TPSA) is 76.7 Å². The van der Waals surface area contributed by atoms with Crippen LogP contribution in [0.5, 0.6) is 0 Å². The lowest BCUT2D eigenvalue weighted by molar-refractivity contribution is 0.0504. The van der Waals surface area contributed by atoms with Gasteiger partial charge < -0.3 is 20.1 Å². The van der Waals surface area contributed by atoms with Crippen molar-refractivity contribution in [1.82, 2.24) is 0 Å². The Balaban J connectivity index is 1.70. The molecule has 30 heavy (non-hydrogen) atoms. The number of hydrogen-bond acceptors (Lipinski definition) is 6. The molecule has 2 aromatic rings. The zero-order valence-corrected chi connectivity index (χ0v) is 18.8. The van der Waals surface area contributed by atoms with Gasteiger partial charge >= 0.3 is 11.9 Å². The summed E-state index contributed by atoms with van der Waals surface area (Å²) in [6.07, 6.45) is 6.01. The van der Waals surface area contributed by atoms with E-state index in [4.69, 9.17) is 21.7 Å². The Labute approximate surface area is 186 Å². The van der Waals surface area contributed by atoms with Crippen LogP contribution in [-0.2, 0) is 22.3 Å². The molecule has 0 unspecified atom stereocenters. The largest absolute Gasteiger partial charge is 0.465 e. The molecule has 0 spiro atoms. The molecule has 8 heteroatoms. The number of ether oxygens (including phenoxy) is 2. The second kappa shape index (κ2) is 10.5. The zero-order valence-electron chi connectivity index (χ0n) is 17.2. The molecular weight excluding hydrogens is 420 g/mol. The summed E-state index contributed by atoms with van der Waals surface area (Å²) in [6, 6.07) is 6.91. The first kappa shape index (κ1) is 22.2. The van der Waals surface area contributed by atoms with Crippen molar-refractivity contribution in [2.45, 2.75) is 45.4 Å². The number of nitrogens with one attached hydrogen (secondary N) is 2. The first-order valence-corrected chi connectivity index (χ1v) is 11.3. The molecule has 0 bridgehead atoms. The minimum absolute atomic E-state index is 0.338. The normalized spacial score (nSPS) is 13.0. The summed E-state index contributed by atoms with van der Waals surface area (Å²) in [6.45, 7) is 2.35. The van der Waals surface area contributed by atoms with Gasteiger partial charge in [-0.3, -0.25) is 0 Å². The molecule has 0 atom stereocenters. The van der Waals surface area contributed by atoms with Crippen molar-refractivity contribution in [2.75, 3.05) is 24.4 Å². The van der Waals surface area contributed by atoms with Crippen LogP contribution in [0.25, 0.3) is 0 Å². The van der Waals surface area contributed by atoms with E-state index in [9.17, 15) is 9.59 Å². The van der Waals surface area contributed by atoms with Gasteiger partial charge in [-0.25, -0.2) is 9.59 Å². The van der Waals surface area contributed by atoms with Crippen molar-refractivity contribution in [3.05, 3.63) is 45.8 Å². The molecule has 1 aromatic heterocycles. The molecule has 0 fully saturated rings. The summed E-state index contributed by atoms with van der Waals surface area (Å²) in [7, 11) is 1.40. The predicted octanol–water partition coefficient (Wildman–Crippen LogP) is 5.18. The van der Waals surface area contributed by atoms with E-state index < -0.39 is 0 Å². The average molecular weight is 447 g/mol. The molecule has 1 aliphatic rings. The molecule has 0 amide bonds. The third-order valence-corrected chi connectivity index (χ3v) is 6.26. The Bertz CT molecular complexity index is 922. The zero-order chi connectivity index (χ0) is 21.5. The molecule has 0 radical (unpaired) electrons. The minimum atomic E-state index is -0.341. The van der Waals surface area contributed by atoms with Crippen molar-refractivity contribution in [2.24, 2.45) is 0 Å². The number of carbonyl (C=O) groups is 2. The number of thiocarbonyl (C=S) groups is 1. The van der Waals surface area contributed by atoms with Gasteiger partial charge in [0, 0.05) is 10.6 Å². The van der Waals surface area contributed by atoms with Gasteiger partial charge in [-0.05, 0) is 74.2 Å². The molecule has 0 aliphatic heterocycles. The van der Waals surface area contributed by atoms with Gasteiger partial charge in [-0.15, -0.1) is 11.3 Å². The highest BCUT2D eigenvalue weighted by molar-refractivity contribution is 7.80. The smallest absolute Gasteiger partial charge is 0.341 e. The van der Waals surface area contributed by atoms with Gasteiger partial charge in [0.05, 0.1) is 24.8 Å². The van der Waals surface area contributed by atoms with E-state index in [-0.39, 0.29) is 11.9 Å². The molecular formula is C22H26N2O4S2. The molecule has 3 rings (SSSR count). The Morgan fingerprint density at radius 2 is 1.80 bits per heavy atom. The van der Waals surface area contributed by atoms with Crippen LogP contribution >= 0.6 is 23.6 Å². The second-order valence-electron chi connectivity index (χ2n) is 7.05. The highest BCUT2D eigenvalue weighted by Crippen LogP contribution is 2.38. The molecule has 1 heterocycles. The van der Waals surface area contributed by atoms with Crippen LogP contribution in [-0.4, -0.2) is 30.8 Å². The van der Waals surface area contributed by atoms with E-state index in [2.05, 4.69) is 10.6 Å². The third kappa shape index (κ3) is 5.37. The van der Waals surface area contributed by atoms with Gasteiger partial charge in [0.1, 0.15) is 5.00 Å². The fourth-order valence-electron chi connectivity index (χ4n) is 3.38. The Morgan fingerprint density at radius 3 is 2.50 bits per heavy atom. The summed E-state index contributed by atoms with van der Waals surface area (Å²) >= 11 is 7.02. The van der Waals surface area contributed by atoms with Gasteiger partial charge in [0.15, 0.2) is 5.11 Å². The van der Waals surface area contributed by atoms with Crippen LogP contribution in [0.1, 0.15) is 63.8 Å². The van der Waals surface area contributed by atoms with E-state index in [1.165, 1.54) is 18.4 Å². The summed E-state index contributed by atoms with van der Waals surface area (Å²) in [5, 5.41) is 7.35. The van der Waals surface area contributed by atoms with Gasteiger partial charge in [-0.2, -0.15) is 0 Å². The van der Waals surface area contributed by atoms with Crippen molar-refractivity contribution >= 4 is 51.3 Å². The highest BCUT2D eigenvalue weighted by Gasteiger charge is 2.25. The van der Waals surface area contributed by atoms with Crippen LogP contribution < -0.4 is 10.6 Å². The van der Waals surface area contributed by atoms with Crippen LogP contribution in [0, 0.1) is 0 Å². The Morgan fingerprint density at radius 1 is 1.07 bits per heavy atom. The lowest BCUT2D eigenvalue weighted by atomic mass is 10.1. The maximum absolute atomic E-state index is 12.4. The number of carbonyl (C=O) groups excluding carboxylic acids is 2. The SMILES string of the molecule is CCCOC(=O)c1ccc(NC(=S)Nc2sc3c(c2C(=O)OC)CCCCC3)cc1. The molecule has 0 saturated heterocycles. The molecule has 160 valence electrons. The molecule has 1 aliphatic carbocycles. The number of fused-ring (bicyclic) bond motifs is 1. The monoisotopic (exact) mass is 446 g/mol. The van der Waals surface area contributed by atoms with Gasteiger partial charge in [-0.1, -0.05) is 13.3 Å². The lowest BCUT2D eigenvalue weighted by Gasteiger charge is -2.11. The summed E-state index contributed by atoms with van der Waals surface area (Å²) in [5.74, 6) is -0.679. The third-order valence-electron chi connectivity index (χ3n) is 4.85. The standard InChI is InChI=1S/C22H26N2O4S2/c1-3-13-28-20(25)14-9-11-15(12-10-14)23-22(29)24-19-18(21(26)27-2)16-7-5-4-6-8-17(16)30-19/h9-12H,3-8,13H2,1-2H3,(H2,23,24,29). The number of thiophene rings is 1.